The summed E-state index contributed by atoms with van der Waals surface area (Å²) in [5.74, 6) is -0.0221. The fourth-order valence-electron chi connectivity index (χ4n) is 3.46. The summed E-state index contributed by atoms with van der Waals surface area (Å²) in [5.41, 5.74) is 5.08. The fraction of sp³-hybridized carbons (Fsp3) is 0.250. The molecule has 0 radical (unpaired) electrons. The molecule has 0 unspecified atom stereocenters. The lowest BCUT2D eigenvalue weighted by atomic mass is 9.91. The number of nitrogens with zero attached hydrogens (tertiary/aromatic N) is 4. The minimum Gasteiger partial charge on any atom is -0.338 e. The molecule has 122 valence electrons. The van der Waals surface area contributed by atoms with Crippen LogP contribution in [0.5, 0.6) is 0 Å². The summed E-state index contributed by atoms with van der Waals surface area (Å²) in [7, 11) is 0. The second-order valence-corrected chi connectivity index (χ2v) is 6.42. The normalized spacial score (nSPS) is 15.1. The Bertz CT molecular complexity index is 947. The average molecular weight is 328 g/mol. The molecule has 2 aromatic rings. The fourth-order valence-corrected chi connectivity index (χ4v) is 3.46. The van der Waals surface area contributed by atoms with Crippen molar-refractivity contribution in [2.24, 2.45) is 0 Å². The molecule has 0 atom stereocenters. The van der Waals surface area contributed by atoms with Crippen molar-refractivity contribution in [1.29, 1.82) is 10.5 Å². The van der Waals surface area contributed by atoms with Gasteiger partial charge in [0.15, 0.2) is 6.19 Å². The largest absolute Gasteiger partial charge is 0.338 e. The number of fused-ring (bicyclic) bond motifs is 1. The van der Waals surface area contributed by atoms with Gasteiger partial charge < -0.3 is 9.80 Å². The minimum absolute atomic E-state index is 0.0221. The highest BCUT2D eigenvalue weighted by Gasteiger charge is 2.27. The second kappa shape index (κ2) is 5.96. The van der Waals surface area contributed by atoms with E-state index in [1.807, 2.05) is 29.2 Å². The molecule has 2 heterocycles. The average Bonchev–Trinajstić information content (AvgIpc) is 3.03. The SMILES string of the molecule is N#Cc1ccc(-c2cccc3c2CN(C#N)C3)c(C(=O)N2CCC2)c1. The van der Waals surface area contributed by atoms with Gasteiger partial charge in [0.05, 0.1) is 24.7 Å². The van der Waals surface area contributed by atoms with E-state index in [0.717, 1.165) is 41.8 Å². The summed E-state index contributed by atoms with van der Waals surface area (Å²) in [6.07, 6.45) is 3.22. The Morgan fingerprint density at radius 3 is 2.56 bits per heavy atom. The summed E-state index contributed by atoms with van der Waals surface area (Å²) in [4.78, 5) is 16.4. The minimum atomic E-state index is -0.0221. The van der Waals surface area contributed by atoms with Crippen LogP contribution in [0.2, 0.25) is 0 Å². The van der Waals surface area contributed by atoms with Gasteiger partial charge in [0, 0.05) is 18.7 Å². The van der Waals surface area contributed by atoms with Gasteiger partial charge in [0.2, 0.25) is 0 Å². The number of carbonyl (C=O) groups is 1. The monoisotopic (exact) mass is 328 g/mol. The van der Waals surface area contributed by atoms with E-state index in [-0.39, 0.29) is 5.91 Å². The van der Waals surface area contributed by atoms with E-state index in [2.05, 4.69) is 12.3 Å². The molecule has 4 rings (SSSR count). The maximum Gasteiger partial charge on any atom is 0.254 e. The summed E-state index contributed by atoms with van der Waals surface area (Å²) in [5, 5.41) is 18.4. The van der Waals surface area contributed by atoms with Crippen molar-refractivity contribution in [3.8, 4) is 23.4 Å². The lowest BCUT2D eigenvalue weighted by molar-refractivity contribution is 0.0652. The zero-order valence-electron chi connectivity index (χ0n) is 13.7. The van der Waals surface area contributed by atoms with Crippen molar-refractivity contribution >= 4 is 5.91 Å². The Morgan fingerprint density at radius 1 is 1.04 bits per heavy atom. The molecule has 5 heteroatoms. The number of hydrogen-bond donors (Lipinski definition) is 0. The summed E-state index contributed by atoms with van der Waals surface area (Å²) < 4.78 is 0. The molecule has 2 aliphatic heterocycles. The maximum absolute atomic E-state index is 12.9. The van der Waals surface area contributed by atoms with Crippen molar-refractivity contribution in [2.75, 3.05) is 13.1 Å². The van der Waals surface area contributed by atoms with Gasteiger partial charge >= 0.3 is 0 Å². The third-order valence-electron chi connectivity index (χ3n) is 4.94. The van der Waals surface area contributed by atoms with E-state index in [4.69, 9.17) is 0 Å². The molecule has 0 aliphatic carbocycles. The first-order valence-electron chi connectivity index (χ1n) is 8.30. The maximum atomic E-state index is 12.9. The van der Waals surface area contributed by atoms with E-state index < -0.39 is 0 Å². The van der Waals surface area contributed by atoms with Gasteiger partial charge in [-0.15, -0.1) is 0 Å². The number of benzene rings is 2. The van der Waals surface area contributed by atoms with Gasteiger partial charge in [-0.1, -0.05) is 24.3 Å². The third-order valence-corrected chi connectivity index (χ3v) is 4.94. The van der Waals surface area contributed by atoms with E-state index in [1.165, 1.54) is 0 Å². The molecule has 2 aromatic carbocycles. The van der Waals surface area contributed by atoms with Crippen LogP contribution in [0.3, 0.4) is 0 Å². The van der Waals surface area contributed by atoms with Crippen LogP contribution in [0.25, 0.3) is 11.1 Å². The van der Waals surface area contributed by atoms with Crippen LogP contribution in [-0.4, -0.2) is 28.8 Å². The standard InChI is InChI=1S/C20H16N4O/c21-10-14-5-6-17(18(9-14)20(25)24-7-2-8-24)16-4-1-3-15-11-23(13-22)12-19(15)16/h1,3-6,9H,2,7-8,11-12H2. The molecule has 1 saturated heterocycles. The van der Waals surface area contributed by atoms with Crippen LogP contribution in [-0.2, 0) is 13.1 Å². The molecule has 5 nitrogen and oxygen atoms in total. The van der Waals surface area contributed by atoms with Crippen molar-refractivity contribution in [2.45, 2.75) is 19.5 Å². The Morgan fingerprint density at radius 2 is 1.88 bits per heavy atom. The van der Waals surface area contributed by atoms with Crippen LogP contribution in [0, 0.1) is 22.8 Å². The second-order valence-electron chi connectivity index (χ2n) is 6.42. The number of rotatable bonds is 2. The molecule has 1 fully saturated rings. The first-order valence-corrected chi connectivity index (χ1v) is 8.30. The highest BCUT2D eigenvalue weighted by molar-refractivity contribution is 6.02. The highest BCUT2D eigenvalue weighted by atomic mass is 16.2. The van der Waals surface area contributed by atoms with Crippen LogP contribution in [0.15, 0.2) is 36.4 Å². The third kappa shape index (κ3) is 2.51. The Labute approximate surface area is 146 Å². The van der Waals surface area contributed by atoms with Gasteiger partial charge in [-0.25, -0.2) is 0 Å². The summed E-state index contributed by atoms with van der Waals surface area (Å²) in [6.45, 7) is 2.69. The van der Waals surface area contributed by atoms with E-state index in [0.29, 0.717) is 24.2 Å². The van der Waals surface area contributed by atoms with Gasteiger partial charge in [-0.2, -0.15) is 10.5 Å². The zero-order valence-corrected chi connectivity index (χ0v) is 13.7. The Kier molecular flexibility index (Phi) is 3.63. The predicted octanol–water partition coefficient (Wildman–Crippen LogP) is 2.87. The smallest absolute Gasteiger partial charge is 0.254 e. The first kappa shape index (κ1) is 15.2. The first-order chi connectivity index (χ1) is 12.2. The highest BCUT2D eigenvalue weighted by Crippen LogP contribution is 2.35. The molecule has 0 aromatic heterocycles. The van der Waals surface area contributed by atoms with Crippen LogP contribution < -0.4 is 0 Å². The molecule has 25 heavy (non-hydrogen) atoms. The molecule has 0 saturated carbocycles. The van der Waals surface area contributed by atoms with Gasteiger partial charge in [-0.05, 0) is 40.8 Å². The van der Waals surface area contributed by atoms with Gasteiger partial charge in [-0.3, -0.25) is 4.79 Å². The number of hydrogen-bond acceptors (Lipinski definition) is 4. The molecular formula is C20H16N4O. The van der Waals surface area contributed by atoms with Crippen molar-refractivity contribution in [3.63, 3.8) is 0 Å². The van der Waals surface area contributed by atoms with Crippen LogP contribution in [0.1, 0.15) is 33.5 Å². The van der Waals surface area contributed by atoms with Gasteiger partial charge in [0.1, 0.15) is 0 Å². The molecule has 0 N–H and O–H groups in total. The number of amides is 1. The Hall–Kier alpha value is -3.31. The lowest BCUT2D eigenvalue weighted by Gasteiger charge is -2.31. The predicted molar refractivity (Wildman–Crippen MR) is 92.0 cm³/mol. The lowest BCUT2D eigenvalue weighted by Crippen LogP contribution is -2.42. The number of carbonyl (C=O) groups excluding carboxylic acids is 1. The van der Waals surface area contributed by atoms with E-state index in [1.54, 1.807) is 17.0 Å². The molecule has 1 amide bonds. The Balaban J connectivity index is 1.85. The summed E-state index contributed by atoms with van der Waals surface area (Å²) in [6, 6.07) is 13.4. The molecular weight excluding hydrogens is 312 g/mol. The van der Waals surface area contributed by atoms with Gasteiger partial charge in [0.25, 0.3) is 5.91 Å². The molecule has 0 bridgehead atoms. The molecule has 0 spiro atoms. The molecule has 2 aliphatic rings. The number of nitriles is 2. The topological polar surface area (TPSA) is 71.1 Å². The van der Waals surface area contributed by atoms with E-state index in [9.17, 15) is 15.3 Å². The number of likely N-dealkylation sites (tertiary alicyclic amines) is 1. The van der Waals surface area contributed by atoms with E-state index >= 15 is 0 Å². The van der Waals surface area contributed by atoms with Crippen molar-refractivity contribution in [3.05, 3.63) is 58.7 Å². The quantitative estimate of drug-likeness (QED) is 0.795. The van der Waals surface area contributed by atoms with Crippen molar-refractivity contribution in [1.82, 2.24) is 9.80 Å². The zero-order chi connectivity index (χ0) is 17.4. The van der Waals surface area contributed by atoms with Crippen LogP contribution >= 0.6 is 0 Å². The van der Waals surface area contributed by atoms with Crippen LogP contribution in [0.4, 0.5) is 0 Å². The van der Waals surface area contributed by atoms with Crippen molar-refractivity contribution < 1.29 is 4.79 Å². The summed E-state index contributed by atoms with van der Waals surface area (Å²) >= 11 is 0.